The minimum atomic E-state index is -0.123. The van der Waals surface area contributed by atoms with Gasteiger partial charge in [-0.1, -0.05) is 29.8 Å². The smallest absolute Gasteiger partial charge is 0.225 e. The molecule has 0 bridgehead atoms. The molecule has 2 N–H and O–H groups in total. The molecule has 0 aromatic heterocycles. The number of para-hydroxylation sites is 1. The SMILES string of the molecule is COc1cc(NC(=O)CCNCCc2ccccc2OC)c(OC)cc1Cl. The van der Waals surface area contributed by atoms with Crippen LogP contribution in [0.1, 0.15) is 12.0 Å². The quantitative estimate of drug-likeness (QED) is 0.605. The number of ether oxygens (including phenoxy) is 3. The number of anilines is 1. The van der Waals surface area contributed by atoms with Crippen molar-refractivity contribution in [2.75, 3.05) is 39.7 Å². The first-order chi connectivity index (χ1) is 13.1. The third-order valence-electron chi connectivity index (χ3n) is 4.04. The Bertz CT molecular complexity index is 768. The molecule has 27 heavy (non-hydrogen) atoms. The van der Waals surface area contributed by atoms with E-state index >= 15 is 0 Å². The van der Waals surface area contributed by atoms with Crippen LogP contribution in [0.25, 0.3) is 0 Å². The number of rotatable bonds is 10. The van der Waals surface area contributed by atoms with Crippen molar-refractivity contribution in [2.45, 2.75) is 12.8 Å². The fourth-order valence-electron chi connectivity index (χ4n) is 2.63. The number of carbonyl (C=O) groups is 1. The first-order valence-corrected chi connectivity index (χ1v) is 9.00. The summed E-state index contributed by atoms with van der Waals surface area (Å²) in [7, 11) is 4.70. The number of hydrogen-bond donors (Lipinski definition) is 2. The number of carbonyl (C=O) groups excluding carboxylic acids is 1. The monoisotopic (exact) mass is 392 g/mol. The minimum absolute atomic E-state index is 0.123. The molecule has 0 radical (unpaired) electrons. The summed E-state index contributed by atoms with van der Waals surface area (Å²) < 4.78 is 15.8. The third kappa shape index (κ3) is 6.05. The summed E-state index contributed by atoms with van der Waals surface area (Å²) in [5.74, 6) is 1.71. The van der Waals surface area contributed by atoms with Gasteiger partial charge >= 0.3 is 0 Å². The van der Waals surface area contributed by atoms with Crippen molar-refractivity contribution in [3.05, 3.63) is 47.0 Å². The minimum Gasteiger partial charge on any atom is -0.496 e. The Kier molecular flexibility index (Phi) is 8.23. The van der Waals surface area contributed by atoms with Crippen molar-refractivity contribution < 1.29 is 19.0 Å². The Morgan fingerprint density at radius 3 is 2.37 bits per heavy atom. The lowest BCUT2D eigenvalue weighted by molar-refractivity contribution is -0.116. The summed E-state index contributed by atoms with van der Waals surface area (Å²) in [6.07, 6.45) is 1.16. The summed E-state index contributed by atoms with van der Waals surface area (Å²) in [5.41, 5.74) is 1.66. The Morgan fingerprint density at radius 2 is 1.67 bits per heavy atom. The van der Waals surface area contributed by atoms with Crippen LogP contribution in [0.2, 0.25) is 5.02 Å². The van der Waals surface area contributed by atoms with E-state index in [1.165, 1.54) is 14.2 Å². The number of benzene rings is 2. The molecular weight excluding hydrogens is 368 g/mol. The molecule has 1 amide bonds. The molecule has 2 rings (SSSR count). The first-order valence-electron chi connectivity index (χ1n) is 8.63. The van der Waals surface area contributed by atoms with Crippen LogP contribution in [0.3, 0.4) is 0 Å². The second-order valence-corrected chi connectivity index (χ2v) is 6.20. The highest BCUT2D eigenvalue weighted by Gasteiger charge is 2.12. The highest BCUT2D eigenvalue weighted by molar-refractivity contribution is 6.32. The highest BCUT2D eigenvalue weighted by Crippen LogP contribution is 2.35. The van der Waals surface area contributed by atoms with E-state index in [2.05, 4.69) is 10.6 Å². The molecule has 6 nitrogen and oxygen atoms in total. The Morgan fingerprint density at radius 1 is 0.963 bits per heavy atom. The van der Waals surface area contributed by atoms with E-state index in [0.717, 1.165) is 24.3 Å². The molecule has 0 aliphatic heterocycles. The summed E-state index contributed by atoms with van der Waals surface area (Å²) in [6.45, 7) is 1.32. The highest BCUT2D eigenvalue weighted by atomic mass is 35.5. The molecule has 2 aromatic rings. The van der Waals surface area contributed by atoms with Crippen LogP contribution in [0.5, 0.6) is 17.2 Å². The van der Waals surface area contributed by atoms with Gasteiger partial charge in [0.1, 0.15) is 17.2 Å². The maximum absolute atomic E-state index is 12.2. The zero-order valence-corrected chi connectivity index (χ0v) is 16.6. The van der Waals surface area contributed by atoms with Crippen LogP contribution >= 0.6 is 11.6 Å². The largest absolute Gasteiger partial charge is 0.496 e. The maximum Gasteiger partial charge on any atom is 0.225 e. The van der Waals surface area contributed by atoms with E-state index in [1.807, 2.05) is 24.3 Å². The lowest BCUT2D eigenvalue weighted by Crippen LogP contribution is -2.23. The van der Waals surface area contributed by atoms with Crippen molar-refractivity contribution in [3.8, 4) is 17.2 Å². The van der Waals surface area contributed by atoms with Crippen molar-refractivity contribution >= 4 is 23.2 Å². The van der Waals surface area contributed by atoms with Gasteiger partial charge < -0.3 is 24.8 Å². The van der Waals surface area contributed by atoms with E-state index in [4.69, 9.17) is 25.8 Å². The molecule has 0 atom stereocenters. The predicted octanol–water partition coefficient (Wildman–Crippen LogP) is 3.53. The van der Waals surface area contributed by atoms with E-state index < -0.39 is 0 Å². The van der Waals surface area contributed by atoms with Gasteiger partial charge in [-0.25, -0.2) is 0 Å². The topological polar surface area (TPSA) is 68.8 Å². The van der Waals surface area contributed by atoms with Crippen LogP contribution in [-0.4, -0.2) is 40.3 Å². The van der Waals surface area contributed by atoms with E-state index in [1.54, 1.807) is 19.2 Å². The fourth-order valence-corrected chi connectivity index (χ4v) is 2.86. The number of nitrogens with one attached hydrogen (secondary N) is 2. The molecule has 0 heterocycles. The molecule has 0 spiro atoms. The van der Waals surface area contributed by atoms with Gasteiger partial charge in [0.15, 0.2) is 0 Å². The van der Waals surface area contributed by atoms with Crippen LogP contribution in [0, 0.1) is 0 Å². The summed E-state index contributed by atoms with van der Waals surface area (Å²) in [5, 5.41) is 6.52. The number of methoxy groups -OCH3 is 3. The molecule has 0 saturated carbocycles. The number of hydrogen-bond acceptors (Lipinski definition) is 5. The molecule has 0 aliphatic rings. The molecule has 146 valence electrons. The van der Waals surface area contributed by atoms with Crippen molar-refractivity contribution in [1.29, 1.82) is 0 Å². The maximum atomic E-state index is 12.2. The molecule has 0 aliphatic carbocycles. The van der Waals surface area contributed by atoms with Crippen molar-refractivity contribution in [2.24, 2.45) is 0 Å². The average molecular weight is 393 g/mol. The van der Waals surface area contributed by atoms with Gasteiger partial charge in [-0.2, -0.15) is 0 Å². The second-order valence-electron chi connectivity index (χ2n) is 5.80. The molecule has 0 saturated heterocycles. The van der Waals surface area contributed by atoms with Crippen molar-refractivity contribution in [1.82, 2.24) is 5.32 Å². The summed E-state index contributed by atoms with van der Waals surface area (Å²) in [4.78, 5) is 12.2. The molecule has 7 heteroatoms. The van der Waals surface area contributed by atoms with Crippen LogP contribution in [0.15, 0.2) is 36.4 Å². The van der Waals surface area contributed by atoms with Gasteiger partial charge in [0.25, 0.3) is 0 Å². The summed E-state index contributed by atoms with van der Waals surface area (Å²) >= 11 is 6.07. The zero-order chi connectivity index (χ0) is 19.6. The van der Waals surface area contributed by atoms with E-state index in [9.17, 15) is 4.79 Å². The standard InChI is InChI=1S/C20H25ClN2O4/c1-25-17-7-5-4-6-14(17)8-10-22-11-9-20(24)23-16-13-18(26-2)15(21)12-19(16)27-3/h4-7,12-13,22H,8-11H2,1-3H3,(H,23,24). The number of halogens is 1. The van der Waals surface area contributed by atoms with Gasteiger partial charge in [0.05, 0.1) is 32.0 Å². The fraction of sp³-hybridized carbons (Fsp3) is 0.350. The second kappa shape index (κ2) is 10.6. The van der Waals surface area contributed by atoms with Gasteiger partial charge in [0.2, 0.25) is 5.91 Å². The molecular formula is C20H25ClN2O4. The van der Waals surface area contributed by atoms with E-state index in [0.29, 0.717) is 35.2 Å². The van der Waals surface area contributed by atoms with Gasteiger partial charge in [-0.3, -0.25) is 4.79 Å². The lowest BCUT2D eigenvalue weighted by Gasteiger charge is -2.13. The Labute approximate surface area is 164 Å². The van der Waals surface area contributed by atoms with Gasteiger partial charge in [0, 0.05) is 25.1 Å². The molecule has 0 fully saturated rings. The van der Waals surface area contributed by atoms with E-state index in [-0.39, 0.29) is 5.91 Å². The van der Waals surface area contributed by atoms with Gasteiger partial charge in [-0.15, -0.1) is 0 Å². The van der Waals surface area contributed by atoms with Crippen LogP contribution in [-0.2, 0) is 11.2 Å². The normalized spacial score (nSPS) is 10.4. The zero-order valence-electron chi connectivity index (χ0n) is 15.8. The van der Waals surface area contributed by atoms with Gasteiger partial charge in [-0.05, 0) is 24.6 Å². The van der Waals surface area contributed by atoms with Crippen LogP contribution < -0.4 is 24.8 Å². The predicted molar refractivity (Wildman–Crippen MR) is 107 cm³/mol. The van der Waals surface area contributed by atoms with Crippen LogP contribution in [0.4, 0.5) is 5.69 Å². The summed E-state index contributed by atoms with van der Waals surface area (Å²) in [6, 6.07) is 11.2. The Balaban J connectivity index is 1.80. The first kappa shape index (κ1) is 20.9. The average Bonchev–Trinajstić information content (AvgIpc) is 2.68. The molecule has 0 unspecified atom stereocenters. The van der Waals surface area contributed by atoms with Crippen molar-refractivity contribution in [3.63, 3.8) is 0 Å². The number of amides is 1. The molecule has 2 aromatic carbocycles. The lowest BCUT2D eigenvalue weighted by atomic mass is 10.1. The third-order valence-corrected chi connectivity index (χ3v) is 4.34. The Hall–Kier alpha value is -2.44.